The predicted octanol–water partition coefficient (Wildman–Crippen LogP) is -3.39. The second-order valence-electron chi connectivity index (χ2n) is 1.13. The van der Waals surface area contributed by atoms with Gasteiger partial charge in [0.1, 0.15) is 0 Å². The molecule has 1 rings (SSSR count). The molecular weight excluding hydrogens is 217 g/mol. The van der Waals surface area contributed by atoms with Crippen molar-refractivity contribution < 1.29 is 21.5 Å². The summed E-state index contributed by atoms with van der Waals surface area (Å²) >= 11 is -0.413. The summed E-state index contributed by atoms with van der Waals surface area (Å²) in [5.41, 5.74) is 0. The van der Waals surface area contributed by atoms with Gasteiger partial charge < -0.3 is 0 Å². The number of hydrogen-bond donors (Lipinski definition) is 1. The van der Waals surface area contributed by atoms with Crippen molar-refractivity contribution in [2.24, 2.45) is 3.95 Å². The van der Waals surface area contributed by atoms with Crippen LogP contribution in [0.5, 0.6) is 0 Å². The molecule has 2 N–H and O–H groups in total. The van der Waals surface area contributed by atoms with Gasteiger partial charge in [0, 0.05) is 0 Å². The Bertz CT molecular complexity index is 153. The zero-order valence-electron chi connectivity index (χ0n) is 4.08. The van der Waals surface area contributed by atoms with Gasteiger partial charge in [-0.25, -0.2) is 0 Å². The molecule has 44 valence electrons. The summed E-state index contributed by atoms with van der Waals surface area (Å²) in [6.45, 7) is 0. The van der Waals surface area contributed by atoms with E-state index < -0.39 is 21.5 Å². The van der Waals surface area contributed by atoms with Crippen LogP contribution in [0.25, 0.3) is 0 Å². The first-order valence-electron chi connectivity index (χ1n) is 2.04. The zero-order chi connectivity index (χ0) is 5.82. The Labute approximate surface area is 58.0 Å². The quantitative estimate of drug-likeness (QED) is 0.306. The molecule has 0 aliphatic heterocycles. The Morgan fingerprint density at radius 2 is 2.00 bits per heavy atom. The molecule has 0 amide bonds. The molecule has 0 aromatic carbocycles. The van der Waals surface area contributed by atoms with E-state index in [0.29, 0.717) is 0 Å². The van der Waals surface area contributed by atoms with Crippen molar-refractivity contribution in [1.82, 2.24) is 9.97 Å². The van der Waals surface area contributed by atoms with Gasteiger partial charge in [0.2, 0.25) is 0 Å². The van der Waals surface area contributed by atoms with E-state index in [9.17, 15) is 0 Å². The Balaban J connectivity index is 2.83. The van der Waals surface area contributed by atoms with Crippen molar-refractivity contribution in [2.75, 3.05) is 0 Å². The fourth-order valence-electron chi connectivity index (χ4n) is 0.337. The van der Waals surface area contributed by atoms with E-state index >= 15 is 0 Å². The van der Waals surface area contributed by atoms with Gasteiger partial charge in [0.05, 0.1) is 0 Å². The molecule has 0 bridgehead atoms. The van der Waals surface area contributed by atoms with Gasteiger partial charge >= 0.3 is 57.7 Å². The van der Waals surface area contributed by atoms with Gasteiger partial charge in [-0.1, -0.05) is 0 Å². The molecule has 1 aromatic rings. The molecule has 0 aliphatic rings. The molecule has 4 heteroatoms. The number of rotatable bonds is 1. The maximum atomic E-state index is 5.33. The minimum atomic E-state index is -0.413. The molecule has 1 heterocycles. The summed E-state index contributed by atoms with van der Waals surface area (Å²) in [6, 6.07) is 1.78. The molecular formula is C4H5IN3-. The van der Waals surface area contributed by atoms with E-state index in [4.69, 9.17) is 3.95 Å². The summed E-state index contributed by atoms with van der Waals surface area (Å²) in [6.07, 6.45) is 3.41. The van der Waals surface area contributed by atoms with E-state index in [1.54, 1.807) is 18.5 Å². The fourth-order valence-corrected chi connectivity index (χ4v) is 0.980. The van der Waals surface area contributed by atoms with Crippen LogP contribution >= 0.6 is 0 Å². The number of hydrogen-bond acceptors (Lipinski definition) is 3. The fraction of sp³-hybridized carbons (Fsp3) is 0. The number of nitrogens with zero attached hydrogens (tertiary/aromatic N) is 2. The van der Waals surface area contributed by atoms with E-state index in [-0.39, 0.29) is 0 Å². The van der Waals surface area contributed by atoms with Crippen LogP contribution < -0.4 is 25.4 Å². The third-order valence-electron chi connectivity index (χ3n) is 0.632. The van der Waals surface area contributed by atoms with Gasteiger partial charge in [-0.3, -0.25) is 0 Å². The van der Waals surface area contributed by atoms with Crippen LogP contribution in [-0.2, 0) is 0 Å². The van der Waals surface area contributed by atoms with Gasteiger partial charge in [-0.05, 0) is 0 Å². The van der Waals surface area contributed by atoms with Crippen molar-refractivity contribution >= 4 is 0 Å². The van der Waals surface area contributed by atoms with Crippen LogP contribution in [0.4, 0.5) is 0 Å². The first-order chi connectivity index (χ1) is 3.93. The van der Waals surface area contributed by atoms with E-state index in [1.165, 1.54) is 0 Å². The monoisotopic (exact) mass is 222 g/mol. The zero-order valence-corrected chi connectivity index (χ0v) is 6.24. The Hall–Kier alpha value is -0.230. The molecule has 0 unspecified atom stereocenters. The van der Waals surface area contributed by atoms with Crippen molar-refractivity contribution in [3.05, 3.63) is 22.3 Å². The molecule has 1 aromatic heterocycles. The Morgan fingerprint density at radius 3 is 2.38 bits per heavy atom. The third kappa shape index (κ3) is 1.38. The van der Waals surface area contributed by atoms with Crippen LogP contribution in [0.15, 0.2) is 18.5 Å². The summed E-state index contributed by atoms with van der Waals surface area (Å²) in [5, 5.41) is 0. The van der Waals surface area contributed by atoms with Gasteiger partial charge in [-0.15, -0.1) is 0 Å². The Morgan fingerprint density at radius 1 is 1.38 bits per heavy atom. The molecule has 0 saturated carbocycles. The summed E-state index contributed by atoms with van der Waals surface area (Å²) in [5.74, 6) is 0. The second kappa shape index (κ2) is 2.93. The molecule has 0 atom stereocenters. The molecule has 8 heavy (non-hydrogen) atoms. The van der Waals surface area contributed by atoms with Crippen LogP contribution in [0.2, 0.25) is 0 Å². The molecule has 0 radical (unpaired) electrons. The molecule has 0 spiro atoms. The van der Waals surface area contributed by atoms with Crippen molar-refractivity contribution in [3.8, 4) is 0 Å². The van der Waals surface area contributed by atoms with E-state index in [1.807, 2.05) is 0 Å². The average Bonchev–Trinajstić information content (AvgIpc) is 1.90. The van der Waals surface area contributed by atoms with Crippen molar-refractivity contribution in [1.29, 1.82) is 0 Å². The van der Waals surface area contributed by atoms with E-state index in [2.05, 4.69) is 9.97 Å². The predicted molar refractivity (Wildman–Crippen MR) is 24.9 cm³/mol. The average molecular weight is 222 g/mol. The van der Waals surface area contributed by atoms with Gasteiger partial charge in [0.25, 0.3) is 0 Å². The van der Waals surface area contributed by atoms with Gasteiger partial charge in [-0.2, -0.15) is 0 Å². The third-order valence-corrected chi connectivity index (χ3v) is 1.75. The summed E-state index contributed by atoms with van der Waals surface area (Å²) in [4.78, 5) is 7.82. The SMILES string of the molecule is N[I-]c1ncccn1. The first-order valence-corrected chi connectivity index (χ1v) is 4.36. The number of nitrogens with two attached hydrogens (primary N) is 1. The molecule has 3 nitrogen and oxygen atoms in total. The standard InChI is InChI=1S/C4H5IN3/c6-5-4-7-2-1-3-8-4/h1-3H,6H2/q-1. The first kappa shape index (κ1) is 5.90. The normalized spacial score (nSPS) is 9.62. The summed E-state index contributed by atoms with van der Waals surface area (Å²) < 4.78 is 6.13. The van der Waals surface area contributed by atoms with Crippen LogP contribution in [-0.4, -0.2) is 9.97 Å². The Kier molecular flexibility index (Phi) is 2.16. The summed E-state index contributed by atoms with van der Waals surface area (Å²) in [7, 11) is 0. The topological polar surface area (TPSA) is 51.8 Å². The molecule has 0 fully saturated rings. The maximum absolute atomic E-state index is 5.33. The number of aromatic nitrogens is 2. The minimum absolute atomic E-state index is 0.413. The van der Waals surface area contributed by atoms with Crippen LogP contribution in [0.1, 0.15) is 0 Å². The van der Waals surface area contributed by atoms with Crippen molar-refractivity contribution in [2.45, 2.75) is 0 Å². The number of halogens is 1. The van der Waals surface area contributed by atoms with Crippen LogP contribution in [0, 0.1) is 3.83 Å². The molecule has 0 saturated heterocycles. The van der Waals surface area contributed by atoms with E-state index in [0.717, 1.165) is 3.83 Å². The van der Waals surface area contributed by atoms with Crippen molar-refractivity contribution in [3.63, 3.8) is 0 Å². The molecule has 0 aliphatic carbocycles. The second-order valence-corrected chi connectivity index (χ2v) is 2.71. The van der Waals surface area contributed by atoms with Gasteiger partial charge in [0.15, 0.2) is 0 Å². The van der Waals surface area contributed by atoms with Crippen LogP contribution in [0.3, 0.4) is 0 Å².